The Bertz CT molecular complexity index is 146. The third-order valence-electron chi connectivity index (χ3n) is 1.36. The standard InChI is InChI=1S/C6H9Cl2F3O/c1-2-3-4(12)5(7,8)6(9,10)11/h4,12H,2-3H2,1H3. The van der Waals surface area contributed by atoms with Gasteiger partial charge < -0.3 is 5.11 Å². The van der Waals surface area contributed by atoms with Crippen LogP contribution in [0.5, 0.6) is 0 Å². The van der Waals surface area contributed by atoms with Crippen LogP contribution in [0, 0.1) is 0 Å². The summed E-state index contributed by atoms with van der Waals surface area (Å²) in [4.78, 5) is 0. The maximum Gasteiger partial charge on any atom is 0.424 e. The maximum atomic E-state index is 12.0. The van der Waals surface area contributed by atoms with Crippen LogP contribution >= 0.6 is 23.2 Å². The molecule has 0 aromatic carbocycles. The zero-order chi connectivity index (χ0) is 9.99. The number of aliphatic hydroxyl groups excluding tert-OH is 1. The Morgan fingerprint density at radius 1 is 1.33 bits per heavy atom. The first kappa shape index (κ1) is 12.3. The van der Waals surface area contributed by atoms with Crippen molar-refractivity contribution in [3.8, 4) is 0 Å². The quantitative estimate of drug-likeness (QED) is 0.732. The summed E-state index contributed by atoms with van der Waals surface area (Å²) in [5.74, 6) is 0. The molecule has 12 heavy (non-hydrogen) atoms. The van der Waals surface area contributed by atoms with Gasteiger partial charge in [-0.1, -0.05) is 36.5 Å². The van der Waals surface area contributed by atoms with Gasteiger partial charge in [-0.25, -0.2) is 0 Å². The largest absolute Gasteiger partial charge is 0.424 e. The zero-order valence-corrected chi connectivity index (χ0v) is 7.84. The molecule has 0 heterocycles. The van der Waals surface area contributed by atoms with Crippen molar-refractivity contribution in [1.29, 1.82) is 0 Å². The minimum Gasteiger partial charge on any atom is -0.390 e. The summed E-state index contributed by atoms with van der Waals surface area (Å²) in [5.41, 5.74) is 0. The Labute approximate surface area is 78.5 Å². The molecule has 0 aromatic rings. The van der Waals surface area contributed by atoms with Gasteiger partial charge in [-0.3, -0.25) is 0 Å². The molecular formula is C6H9Cl2F3O. The highest BCUT2D eigenvalue weighted by molar-refractivity contribution is 6.49. The third-order valence-corrected chi connectivity index (χ3v) is 2.29. The number of aliphatic hydroxyl groups is 1. The van der Waals surface area contributed by atoms with Crippen molar-refractivity contribution in [2.45, 2.75) is 36.4 Å². The van der Waals surface area contributed by atoms with Crippen LogP contribution in [0.2, 0.25) is 0 Å². The first-order valence-corrected chi connectivity index (χ1v) is 4.11. The molecule has 74 valence electrons. The van der Waals surface area contributed by atoms with Crippen molar-refractivity contribution in [3.63, 3.8) is 0 Å². The molecule has 0 aliphatic rings. The summed E-state index contributed by atoms with van der Waals surface area (Å²) >= 11 is 9.86. The van der Waals surface area contributed by atoms with Crippen molar-refractivity contribution < 1.29 is 18.3 Å². The van der Waals surface area contributed by atoms with Gasteiger partial charge in [-0.2, -0.15) is 13.2 Å². The van der Waals surface area contributed by atoms with Gasteiger partial charge in [0.2, 0.25) is 4.33 Å². The van der Waals surface area contributed by atoms with Gasteiger partial charge in [0.05, 0.1) is 6.10 Å². The Kier molecular flexibility index (Phi) is 4.14. The van der Waals surface area contributed by atoms with E-state index in [1.807, 2.05) is 0 Å². The van der Waals surface area contributed by atoms with Crippen LogP contribution in [-0.2, 0) is 0 Å². The summed E-state index contributed by atoms with van der Waals surface area (Å²) in [5, 5.41) is 8.93. The van der Waals surface area contributed by atoms with Crippen LogP contribution in [-0.4, -0.2) is 21.7 Å². The molecule has 1 unspecified atom stereocenters. The van der Waals surface area contributed by atoms with Crippen LogP contribution in [0.15, 0.2) is 0 Å². The van der Waals surface area contributed by atoms with Gasteiger partial charge in [-0.15, -0.1) is 0 Å². The fourth-order valence-corrected chi connectivity index (χ4v) is 0.862. The molecule has 0 aromatic heterocycles. The lowest BCUT2D eigenvalue weighted by molar-refractivity contribution is -0.162. The molecule has 0 radical (unpaired) electrons. The fourth-order valence-electron chi connectivity index (χ4n) is 0.644. The van der Waals surface area contributed by atoms with E-state index in [1.54, 1.807) is 6.92 Å². The zero-order valence-electron chi connectivity index (χ0n) is 6.33. The first-order chi connectivity index (χ1) is 5.23. The molecule has 6 heteroatoms. The summed E-state index contributed by atoms with van der Waals surface area (Å²) in [6, 6.07) is 0. The Morgan fingerprint density at radius 3 is 2.00 bits per heavy atom. The summed E-state index contributed by atoms with van der Waals surface area (Å²) in [7, 11) is 0. The average Bonchev–Trinajstić information content (AvgIpc) is 1.85. The van der Waals surface area contributed by atoms with Crippen LogP contribution < -0.4 is 0 Å². The summed E-state index contributed by atoms with van der Waals surface area (Å²) < 4.78 is 32.9. The second kappa shape index (κ2) is 4.03. The fraction of sp³-hybridized carbons (Fsp3) is 1.00. The number of halogens is 5. The molecule has 0 rings (SSSR count). The van der Waals surface area contributed by atoms with E-state index in [2.05, 4.69) is 0 Å². The van der Waals surface area contributed by atoms with Crippen molar-refractivity contribution in [2.24, 2.45) is 0 Å². The predicted molar refractivity (Wildman–Crippen MR) is 41.4 cm³/mol. The normalized spacial score (nSPS) is 16.2. The predicted octanol–water partition coefficient (Wildman–Crippen LogP) is 2.88. The number of rotatable bonds is 3. The number of hydrogen-bond acceptors (Lipinski definition) is 1. The molecular weight excluding hydrogens is 216 g/mol. The highest BCUT2D eigenvalue weighted by Gasteiger charge is 2.57. The minimum atomic E-state index is -4.80. The lowest BCUT2D eigenvalue weighted by Gasteiger charge is -2.27. The van der Waals surface area contributed by atoms with Crippen molar-refractivity contribution >= 4 is 23.2 Å². The minimum absolute atomic E-state index is 0.0769. The number of alkyl halides is 5. The molecule has 1 atom stereocenters. The average molecular weight is 225 g/mol. The lowest BCUT2D eigenvalue weighted by Crippen LogP contribution is -2.44. The first-order valence-electron chi connectivity index (χ1n) is 3.36. The van der Waals surface area contributed by atoms with Gasteiger partial charge in [-0.05, 0) is 6.42 Å². The van der Waals surface area contributed by atoms with E-state index in [-0.39, 0.29) is 6.42 Å². The molecule has 0 aliphatic carbocycles. The second-order valence-electron chi connectivity index (χ2n) is 2.43. The summed E-state index contributed by atoms with van der Waals surface area (Å²) in [6.07, 6.45) is -6.26. The second-order valence-corrected chi connectivity index (χ2v) is 3.81. The van der Waals surface area contributed by atoms with E-state index in [0.29, 0.717) is 6.42 Å². The molecule has 0 amide bonds. The van der Waals surface area contributed by atoms with E-state index < -0.39 is 16.6 Å². The Morgan fingerprint density at radius 2 is 1.75 bits per heavy atom. The SMILES string of the molecule is CCCC(O)C(Cl)(Cl)C(F)(F)F. The molecule has 1 N–H and O–H groups in total. The summed E-state index contributed by atoms with van der Waals surface area (Å²) in [6.45, 7) is 1.63. The van der Waals surface area contributed by atoms with E-state index >= 15 is 0 Å². The van der Waals surface area contributed by atoms with Crippen LogP contribution in [0.4, 0.5) is 13.2 Å². The number of hydrogen-bond donors (Lipinski definition) is 1. The van der Waals surface area contributed by atoms with E-state index in [0.717, 1.165) is 0 Å². The Balaban J connectivity index is 4.38. The van der Waals surface area contributed by atoms with Gasteiger partial charge in [0, 0.05) is 0 Å². The molecule has 0 saturated heterocycles. The molecule has 0 saturated carbocycles. The van der Waals surface area contributed by atoms with Crippen molar-refractivity contribution in [3.05, 3.63) is 0 Å². The van der Waals surface area contributed by atoms with Crippen molar-refractivity contribution in [1.82, 2.24) is 0 Å². The topological polar surface area (TPSA) is 20.2 Å². The monoisotopic (exact) mass is 224 g/mol. The van der Waals surface area contributed by atoms with Gasteiger partial charge in [0.1, 0.15) is 0 Å². The van der Waals surface area contributed by atoms with Crippen LogP contribution in [0.1, 0.15) is 19.8 Å². The van der Waals surface area contributed by atoms with E-state index in [1.165, 1.54) is 0 Å². The molecule has 1 nitrogen and oxygen atoms in total. The molecule has 0 bridgehead atoms. The molecule has 0 spiro atoms. The highest BCUT2D eigenvalue weighted by atomic mass is 35.5. The van der Waals surface area contributed by atoms with Crippen molar-refractivity contribution in [2.75, 3.05) is 0 Å². The van der Waals surface area contributed by atoms with E-state index in [4.69, 9.17) is 28.3 Å². The maximum absolute atomic E-state index is 12.0. The Hall–Kier alpha value is 0.330. The van der Waals surface area contributed by atoms with E-state index in [9.17, 15) is 13.2 Å². The molecule has 0 fully saturated rings. The van der Waals surface area contributed by atoms with Crippen LogP contribution in [0.3, 0.4) is 0 Å². The van der Waals surface area contributed by atoms with Gasteiger partial charge >= 0.3 is 6.18 Å². The van der Waals surface area contributed by atoms with Gasteiger partial charge in [0.15, 0.2) is 0 Å². The highest BCUT2D eigenvalue weighted by Crippen LogP contribution is 2.43. The smallest absolute Gasteiger partial charge is 0.390 e. The van der Waals surface area contributed by atoms with Gasteiger partial charge in [0.25, 0.3) is 0 Å². The molecule has 0 aliphatic heterocycles. The third kappa shape index (κ3) is 2.68. The van der Waals surface area contributed by atoms with Crippen LogP contribution in [0.25, 0.3) is 0 Å². The lowest BCUT2D eigenvalue weighted by atomic mass is 10.1.